The summed E-state index contributed by atoms with van der Waals surface area (Å²) >= 11 is 6.94. The number of aromatic nitrogens is 3. The molecule has 0 bridgehead atoms. The number of amides is 1. The van der Waals surface area contributed by atoms with Crippen molar-refractivity contribution in [1.29, 1.82) is 0 Å². The molecule has 1 aromatic heterocycles. The van der Waals surface area contributed by atoms with Crippen LogP contribution in [0.5, 0.6) is 5.75 Å². The quantitative estimate of drug-likeness (QED) is 0.339. The molecular weight excluding hydrogens is 472 g/mol. The van der Waals surface area contributed by atoms with E-state index in [9.17, 15) is 22.4 Å². The van der Waals surface area contributed by atoms with E-state index in [1.165, 1.54) is 12.1 Å². The second-order valence-corrected chi connectivity index (χ2v) is 7.74. The van der Waals surface area contributed by atoms with Gasteiger partial charge >= 0.3 is 6.18 Å². The molecule has 0 atom stereocenters. The van der Waals surface area contributed by atoms with Crippen LogP contribution in [0.2, 0.25) is 5.02 Å². The van der Waals surface area contributed by atoms with Crippen molar-refractivity contribution in [2.24, 2.45) is 0 Å². The minimum absolute atomic E-state index is 0.0133. The van der Waals surface area contributed by atoms with Gasteiger partial charge in [0.25, 0.3) is 0 Å². The molecule has 6 nitrogen and oxygen atoms in total. The van der Waals surface area contributed by atoms with Crippen LogP contribution in [0.3, 0.4) is 0 Å². The van der Waals surface area contributed by atoms with Crippen molar-refractivity contribution in [2.45, 2.75) is 31.4 Å². The number of anilines is 1. The molecule has 1 N–H and O–H groups in total. The van der Waals surface area contributed by atoms with Crippen molar-refractivity contribution in [2.75, 3.05) is 11.1 Å². The molecule has 3 aromatic rings. The van der Waals surface area contributed by atoms with Gasteiger partial charge in [0.2, 0.25) is 5.91 Å². The Morgan fingerprint density at radius 2 is 1.97 bits per heavy atom. The van der Waals surface area contributed by atoms with E-state index in [2.05, 4.69) is 15.5 Å². The van der Waals surface area contributed by atoms with Gasteiger partial charge in [0.1, 0.15) is 6.61 Å². The molecular formula is C20H17ClF4N4O2S. The summed E-state index contributed by atoms with van der Waals surface area (Å²) in [4.78, 5) is 12.3. The average Bonchev–Trinajstić information content (AvgIpc) is 3.14. The zero-order valence-corrected chi connectivity index (χ0v) is 18.2. The molecule has 0 radical (unpaired) electrons. The number of alkyl halides is 3. The Balaban J connectivity index is 1.62. The van der Waals surface area contributed by atoms with Crippen molar-refractivity contribution < 1.29 is 27.1 Å². The van der Waals surface area contributed by atoms with Gasteiger partial charge in [0.15, 0.2) is 22.5 Å². The summed E-state index contributed by atoms with van der Waals surface area (Å²) in [5.74, 6) is -0.705. The monoisotopic (exact) mass is 488 g/mol. The third kappa shape index (κ3) is 5.92. The Morgan fingerprint density at radius 3 is 2.66 bits per heavy atom. The second-order valence-electron chi connectivity index (χ2n) is 6.39. The number of hydrogen-bond acceptors (Lipinski definition) is 5. The molecule has 0 aliphatic carbocycles. The normalized spacial score (nSPS) is 11.4. The number of hydrogen-bond donors (Lipinski definition) is 1. The molecule has 2 aromatic carbocycles. The Kier molecular flexibility index (Phi) is 7.62. The number of ether oxygens (including phenoxy) is 1. The van der Waals surface area contributed by atoms with Gasteiger partial charge in [-0.25, -0.2) is 4.39 Å². The molecule has 0 unspecified atom stereocenters. The number of carbonyl (C=O) groups excluding carboxylic acids is 1. The van der Waals surface area contributed by atoms with Gasteiger partial charge in [-0.15, -0.1) is 10.2 Å². The smallest absolute Gasteiger partial charge is 0.416 e. The summed E-state index contributed by atoms with van der Waals surface area (Å²) in [6.07, 6.45) is -4.56. The van der Waals surface area contributed by atoms with Crippen LogP contribution in [-0.4, -0.2) is 26.4 Å². The van der Waals surface area contributed by atoms with E-state index < -0.39 is 23.5 Å². The molecule has 0 spiro atoms. The van der Waals surface area contributed by atoms with Gasteiger partial charge in [-0.2, -0.15) is 13.2 Å². The molecule has 1 heterocycles. The number of halogens is 5. The van der Waals surface area contributed by atoms with Crippen molar-refractivity contribution in [1.82, 2.24) is 14.8 Å². The van der Waals surface area contributed by atoms with Crippen LogP contribution in [0.1, 0.15) is 18.3 Å². The molecule has 1 amide bonds. The van der Waals surface area contributed by atoms with Crippen LogP contribution in [0.4, 0.5) is 23.2 Å². The molecule has 0 saturated carbocycles. The fraction of sp³-hybridized carbons (Fsp3) is 0.250. The van der Waals surface area contributed by atoms with Crippen LogP contribution in [0.15, 0.2) is 47.6 Å². The van der Waals surface area contributed by atoms with Gasteiger partial charge < -0.3 is 14.6 Å². The summed E-state index contributed by atoms with van der Waals surface area (Å²) in [5.41, 5.74) is -1.06. The van der Waals surface area contributed by atoms with E-state index in [1.54, 1.807) is 16.7 Å². The van der Waals surface area contributed by atoms with Crippen molar-refractivity contribution in [3.8, 4) is 5.75 Å². The molecule has 170 valence electrons. The van der Waals surface area contributed by atoms with E-state index in [-0.39, 0.29) is 28.8 Å². The van der Waals surface area contributed by atoms with Gasteiger partial charge in [-0.1, -0.05) is 35.5 Å². The number of thioether (sulfide) groups is 1. The first-order chi connectivity index (χ1) is 15.2. The van der Waals surface area contributed by atoms with Crippen molar-refractivity contribution >= 4 is 35.0 Å². The van der Waals surface area contributed by atoms with E-state index in [0.29, 0.717) is 17.5 Å². The summed E-state index contributed by atoms with van der Waals surface area (Å²) in [6.45, 7) is 2.27. The standard InChI is InChI=1S/C20H17ClF4N4O2S/c1-2-29-17(10-31-16-6-4-3-5-14(16)22)27-28-19(29)32-11-18(30)26-15-9-12(20(23,24)25)7-8-13(15)21/h3-9H,2,10-11H2,1H3,(H,26,30). The lowest BCUT2D eigenvalue weighted by atomic mass is 10.2. The fourth-order valence-corrected chi connectivity index (χ4v) is 3.65. The first-order valence-corrected chi connectivity index (χ1v) is 10.6. The predicted octanol–water partition coefficient (Wildman–Crippen LogP) is 5.42. The van der Waals surface area contributed by atoms with Crippen molar-refractivity contribution in [3.63, 3.8) is 0 Å². The lowest BCUT2D eigenvalue weighted by molar-refractivity contribution is -0.137. The van der Waals surface area contributed by atoms with Crippen molar-refractivity contribution in [3.05, 3.63) is 64.7 Å². The largest absolute Gasteiger partial charge is 0.483 e. The van der Waals surface area contributed by atoms with Gasteiger partial charge in [-0.05, 0) is 37.3 Å². The number of nitrogens with one attached hydrogen (secondary N) is 1. The zero-order valence-electron chi connectivity index (χ0n) is 16.6. The summed E-state index contributed by atoms with van der Waals surface area (Å²) < 4.78 is 59.5. The predicted molar refractivity (Wildman–Crippen MR) is 112 cm³/mol. The summed E-state index contributed by atoms with van der Waals surface area (Å²) in [6, 6.07) is 8.63. The van der Waals surface area contributed by atoms with Crippen LogP contribution < -0.4 is 10.1 Å². The Hall–Kier alpha value is -2.79. The average molecular weight is 489 g/mol. The SMILES string of the molecule is CCn1c(COc2ccccc2F)nnc1SCC(=O)Nc1cc(C(F)(F)F)ccc1Cl. The first-order valence-electron chi connectivity index (χ1n) is 9.27. The highest BCUT2D eigenvalue weighted by molar-refractivity contribution is 7.99. The lowest BCUT2D eigenvalue weighted by Crippen LogP contribution is -2.16. The minimum atomic E-state index is -4.56. The van der Waals surface area contributed by atoms with Gasteiger partial charge in [0, 0.05) is 6.54 Å². The molecule has 0 aliphatic rings. The lowest BCUT2D eigenvalue weighted by Gasteiger charge is -2.12. The summed E-state index contributed by atoms with van der Waals surface area (Å²) in [5, 5.41) is 10.8. The number of rotatable bonds is 8. The topological polar surface area (TPSA) is 69.0 Å². The van der Waals surface area contributed by atoms with Crippen LogP contribution >= 0.6 is 23.4 Å². The number of benzene rings is 2. The molecule has 0 fully saturated rings. The number of para-hydroxylation sites is 1. The van der Waals surface area contributed by atoms with E-state index in [1.807, 2.05) is 6.92 Å². The zero-order chi connectivity index (χ0) is 23.3. The van der Waals surface area contributed by atoms with E-state index in [0.717, 1.165) is 30.0 Å². The summed E-state index contributed by atoms with van der Waals surface area (Å²) in [7, 11) is 0. The molecule has 3 rings (SSSR count). The van der Waals surface area contributed by atoms with Crippen LogP contribution in [-0.2, 0) is 24.1 Å². The van der Waals surface area contributed by atoms with Gasteiger partial charge in [-0.3, -0.25) is 4.79 Å². The third-order valence-electron chi connectivity index (χ3n) is 4.20. The van der Waals surface area contributed by atoms with Crippen LogP contribution in [0, 0.1) is 5.82 Å². The second kappa shape index (κ2) is 10.2. The highest BCUT2D eigenvalue weighted by atomic mass is 35.5. The highest BCUT2D eigenvalue weighted by Crippen LogP contribution is 2.34. The Labute approximate surface area is 189 Å². The highest BCUT2D eigenvalue weighted by Gasteiger charge is 2.31. The maximum absolute atomic E-state index is 13.7. The third-order valence-corrected chi connectivity index (χ3v) is 5.50. The Morgan fingerprint density at radius 1 is 1.22 bits per heavy atom. The molecule has 12 heteroatoms. The van der Waals surface area contributed by atoms with E-state index >= 15 is 0 Å². The van der Waals surface area contributed by atoms with Gasteiger partial charge in [0.05, 0.1) is 22.0 Å². The van der Waals surface area contributed by atoms with E-state index in [4.69, 9.17) is 16.3 Å². The first kappa shape index (κ1) is 23.9. The fourth-order valence-electron chi connectivity index (χ4n) is 2.67. The number of carbonyl (C=O) groups is 1. The minimum Gasteiger partial charge on any atom is -0.483 e. The molecule has 32 heavy (non-hydrogen) atoms. The maximum Gasteiger partial charge on any atom is 0.416 e. The maximum atomic E-state index is 13.7. The molecule has 0 saturated heterocycles. The molecule has 0 aliphatic heterocycles. The number of nitrogens with zero attached hydrogens (tertiary/aromatic N) is 3. The van der Waals surface area contributed by atoms with Crippen LogP contribution in [0.25, 0.3) is 0 Å². The Bertz CT molecular complexity index is 1110.